The number of pyridine rings is 1. The van der Waals surface area contributed by atoms with E-state index in [1.54, 1.807) is 24.5 Å². The number of fused-ring (bicyclic) bond motifs is 1. The van der Waals surface area contributed by atoms with Gasteiger partial charge in [-0.3, -0.25) is 0 Å². The van der Waals surface area contributed by atoms with Crippen molar-refractivity contribution < 1.29 is 8.42 Å². The van der Waals surface area contributed by atoms with Gasteiger partial charge in [0.1, 0.15) is 0 Å². The van der Waals surface area contributed by atoms with Gasteiger partial charge in [0.2, 0.25) is 0 Å². The van der Waals surface area contributed by atoms with E-state index in [1.807, 2.05) is 31.2 Å². The van der Waals surface area contributed by atoms with Gasteiger partial charge in [0, 0.05) is 24.3 Å². The van der Waals surface area contributed by atoms with Crippen LogP contribution in [0.4, 0.5) is 0 Å². The van der Waals surface area contributed by atoms with Gasteiger partial charge < -0.3 is 5.32 Å². The summed E-state index contributed by atoms with van der Waals surface area (Å²) in [5.74, 6) is 0.325. The zero-order valence-electron chi connectivity index (χ0n) is 13.4. The number of rotatable bonds is 3. The highest BCUT2D eigenvalue weighted by Crippen LogP contribution is 2.32. The van der Waals surface area contributed by atoms with Gasteiger partial charge in [-0.1, -0.05) is 17.7 Å². The Bertz CT molecular complexity index is 985. The maximum Gasteiger partial charge on any atom is 0.269 e. The molecule has 1 aromatic carbocycles. The summed E-state index contributed by atoms with van der Waals surface area (Å²) >= 11 is 0. The van der Waals surface area contributed by atoms with Crippen LogP contribution in [-0.4, -0.2) is 30.5 Å². The number of hydrogen-bond acceptors (Lipinski definition) is 4. The first-order chi connectivity index (χ1) is 11.6. The molecule has 0 radical (unpaired) electrons. The molecule has 6 heteroatoms. The fourth-order valence-corrected chi connectivity index (χ4v) is 4.64. The molecule has 3 aromatic rings. The Morgan fingerprint density at radius 1 is 1.21 bits per heavy atom. The minimum atomic E-state index is -3.66. The van der Waals surface area contributed by atoms with Gasteiger partial charge in [0.25, 0.3) is 10.0 Å². The second-order valence-corrected chi connectivity index (χ2v) is 8.08. The lowest BCUT2D eigenvalue weighted by Crippen LogP contribution is -2.12. The van der Waals surface area contributed by atoms with Crippen molar-refractivity contribution in [3.8, 4) is 0 Å². The smallest absolute Gasteiger partial charge is 0.269 e. The molecule has 1 saturated heterocycles. The van der Waals surface area contributed by atoms with Crippen LogP contribution in [0.3, 0.4) is 0 Å². The third-order valence-corrected chi connectivity index (χ3v) is 6.30. The second kappa shape index (κ2) is 5.72. The summed E-state index contributed by atoms with van der Waals surface area (Å²) in [6, 6.07) is 10.7. The molecule has 24 heavy (non-hydrogen) atoms. The Morgan fingerprint density at radius 3 is 2.71 bits per heavy atom. The summed E-state index contributed by atoms with van der Waals surface area (Å²) < 4.78 is 27.5. The van der Waals surface area contributed by atoms with Gasteiger partial charge >= 0.3 is 0 Å². The van der Waals surface area contributed by atoms with E-state index in [0.717, 1.165) is 36.0 Å². The molecule has 1 aliphatic heterocycles. The van der Waals surface area contributed by atoms with Crippen molar-refractivity contribution in [3.05, 3.63) is 59.9 Å². The van der Waals surface area contributed by atoms with Crippen LogP contribution in [0.1, 0.15) is 23.5 Å². The van der Waals surface area contributed by atoms with E-state index in [2.05, 4.69) is 10.3 Å². The predicted molar refractivity (Wildman–Crippen MR) is 93.7 cm³/mol. The highest BCUT2D eigenvalue weighted by Gasteiger charge is 2.26. The third-order valence-electron chi connectivity index (χ3n) is 4.64. The maximum absolute atomic E-state index is 13.1. The average Bonchev–Trinajstić information content (AvgIpc) is 3.23. The van der Waals surface area contributed by atoms with Crippen LogP contribution in [0.25, 0.3) is 11.0 Å². The van der Waals surface area contributed by atoms with Crippen molar-refractivity contribution in [3.63, 3.8) is 0 Å². The quantitative estimate of drug-likeness (QED) is 0.795. The fourth-order valence-electron chi connectivity index (χ4n) is 3.31. The van der Waals surface area contributed by atoms with E-state index in [1.165, 1.54) is 3.97 Å². The number of aromatic nitrogens is 2. The molecule has 2 aromatic heterocycles. The van der Waals surface area contributed by atoms with Crippen molar-refractivity contribution in [1.29, 1.82) is 0 Å². The third kappa shape index (κ3) is 2.42. The minimum Gasteiger partial charge on any atom is -0.316 e. The average molecular weight is 341 g/mol. The van der Waals surface area contributed by atoms with Gasteiger partial charge in [0.05, 0.1) is 4.90 Å². The van der Waals surface area contributed by atoms with Gasteiger partial charge in [0.15, 0.2) is 5.65 Å². The van der Waals surface area contributed by atoms with Crippen LogP contribution >= 0.6 is 0 Å². The lowest BCUT2D eigenvalue weighted by Gasteiger charge is -2.07. The number of nitrogens with one attached hydrogen (secondary N) is 1. The lowest BCUT2D eigenvalue weighted by molar-refractivity contribution is 0.588. The van der Waals surface area contributed by atoms with Crippen LogP contribution in [0.2, 0.25) is 0 Å². The van der Waals surface area contributed by atoms with Crippen LogP contribution in [0, 0.1) is 6.92 Å². The lowest BCUT2D eigenvalue weighted by atomic mass is 9.99. The monoisotopic (exact) mass is 341 g/mol. The van der Waals surface area contributed by atoms with Gasteiger partial charge in [-0.05, 0) is 55.6 Å². The molecular formula is C18H19N3O2S. The first kappa shape index (κ1) is 15.4. The molecule has 5 nitrogen and oxygen atoms in total. The van der Waals surface area contributed by atoms with Crippen LogP contribution < -0.4 is 5.32 Å². The van der Waals surface area contributed by atoms with E-state index in [0.29, 0.717) is 11.6 Å². The molecule has 3 heterocycles. The summed E-state index contributed by atoms with van der Waals surface area (Å²) in [7, 11) is -3.66. The van der Waals surface area contributed by atoms with Gasteiger partial charge in [-0.25, -0.2) is 17.4 Å². The number of aryl methyl sites for hydroxylation is 1. The zero-order chi connectivity index (χ0) is 16.7. The van der Waals surface area contributed by atoms with E-state index in [9.17, 15) is 8.42 Å². The van der Waals surface area contributed by atoms with Crippen LogP contribution in [-0.2, 0) is 10.0 Å². The maximum atomic E-state index is 13.1. The molecule has 1 aliphatic rings. The van der Waals surface area contributed by atoms with Crippen LogP contribution in [0.5, 0.6) is 0 Å². The van der Waals surface area contributed by atoms with E-state index in [-0.39, 0.29) is 4.90 Å². The molecule has 0 amide bonds. The zero-order valence-corrected chi connectivity index (χ0v) is 14.3. The summed E-state index contributed by atoms with van der Waals surface area (Å²) in [6.45, 7) is 3.77. The van der Waals surface area contributed by atoms with Crippen molar-refractivity contribution in [2.24, 2.45) is 0 Å². The van der Waals surface area contributed by atoms with Crippen molar-refractivity contribution in [2.75, 3.05) is 13.1 Å². The standard InChI is InChI=1S/C18H19N3O2S/c1-13-4-6-15(7-5-13)24(22,23)21-12-17(14-8-10-19-11-14)16-3-2-9-20-18(16)21/h2-7,9,12,14,19H,8,10-11H2,1H3. The Labute approximate surface area is 141 Å². The molecule has 1 unspecified atom stereocenters. The Balaban J connectivity index is 1.91. The van der Waals surface area contributed by atoms with Gasteiger partial charge in [-0.15, -0.1) is 0 Å². The fraction of sp³-hybridized carbons (Fsp3) is 0.278. The molecule has 1 N–H and O–H groups in total. The summed E-state index contributed by atoms with van der Waals surface area (Å²) in [4.78, 5) is 4.63. The Morgan fingerprint density at radius 2 is 2.00 bits per heavy atom. The molecule has 1 fully saturated rings. The SMILES string of the molecule is Cc1ccc(S(=O)(=O)n2cc(C3CCNC3)c3cccnc32)cc1. The molecule has 0 spiro atoms. The van der Waals surface area contributed by atoms with E-state index >= 15 is 0 Å². The molecule has 0 bridgehead atoms. The molecule has 0 aliphatic carbocycles. The highest BCUT2D eigenvalue weighted by atomic mass is 32.2. The van der Waals surface area contributed by atoms with E-state index < -0.39 is 10.0 Å². The van der Waals surface area contributed by atoms with Crippen molar-refractivity contribution in [1.82, 2.24) is 14.3 Å². The topological polar surface area (TPSA) is 64.0 Å². The molecule has 1 atom stereocenters. The van der Waals surface area contributed by atoms with Crippen molar-refractivity contribution >= 4 is 21.1 Å². The number of benzene rings is 1. The first-order valence-corrected chi connectivity index (χ1v) is 9.50. The highest BCUT2D eigenvalue weighted by molar-refractivity contribution is 7.90. The summed E-state index contributed by atoms with van der Waals surface area (Å²) in [5, 5.41) is 4.26. The number of hydrogen-bond donors (Lipinski definition) is 1. The summed E-state index contributed by atoms with van der Waals surface area (Å²) in [5.41, 5.74) is 2.58. The normalized spacial score (nSPS) is 18.3. The van der Waals surface area contributed by atoms with Gasteiger partial charge in [-0.2, -0.15) is 0 Å². The van der Waals surface area contributed by atoms with Crippen molar-refractivity contribution in [2.45, 2.75) is 24.2 Å². The van der Waals surface area contributed by atoms with E-state index in [4.69, 9.17) is 0 Å². The Kier molecular flexibility index (Phi) is 3.66. The predicted octanol–water partition coefficient (Wildman–Crippen LogP) is 2.66. The van der Waals surface area contributed by atoms with Crippen LogP contribution in [0.15, 0.2) is 53.7 Å². The molecule has 124 valence electrons. The number of nitrogens with zero attached hydrogens (tertiary/aromatic N) is 2. The molecule has 4 rings (SSSR count). The first-order valence-electron chi connectivity index (χ1n) is 8.06. The largest absolute Gasteiger partial charge is 0.316 e. The Hall–Kier alpha value is -2.18. The summed E-state index contributed by atoms with van der Waals surface area (Å²) in [6.07, 6.45) is 4.41. The molecule has 0 saturated carbocycles. The second-order valence-electron chi connectivity index (χ2n) is 6.26. The minimum absolute atomic E-state index is 0.284. The molecular weight excluding hydrogens is 322 g/mol.